The molecule has 7 heteroatoms. The van der Waals surface area contributed by atoms with Gasteiger partial charge in [0.1, 0.15) is 0 Å². The molecule has 1 aromatic heterocycles. The number of benzene rings is 1. The second-order valence-electron chi connectivity index (χ2n) is 3.29. The van der Waals surface area contributed by atoms with Gasteiger partial charge in [-0.25, -0.2) is 0 Å². The summed E-state index contributed by atoms with van der Waals surface area (Å²) in [6.45, 7) is 0. The molecule has 90 valence electrons. The number of rotatable bonds is 1. The standard InChI is InChI=1S/C10H6BrF3N2S/c11-6-1-2-8(7(5-6)10(12,13)14)16-4-3-15-9(16)17/h1-5H,(H,15,17). The number of aromatic nitrogens is 2. The van der Waals surface area contributed by atoms with Gasteiger partial charge in [0.25, 0.3) is 0 Å². The van der Waals surface area contributed by atoms with Gasteiger partial charge in [-0.3, -0.25) is 4.57 Å². The largest absolute Gasteiger partial charge is 0.418 e. The van der Waals surface area contributed by atoms with Crippen molar-refractivity contribution in [3.05, 3.63) is 45.4 Å². The van der Waals surface area contributed by atoms with Gasteiger partial charge in [0.05, 0.1) is 11.3 Å². The van der Waals surface area contributed by atoms with Crippen molar-refractivity contribution in [1.29, 1.82) is 0 Å². The lowest BCUT2D eigenvalue weighted by Crippen LogP contribution is -2.10. The van der Waals surface area contributed by atoms with E-state index in [-0.39, 0.29) is 10.5 Å². The van der Waals surface area contributed by atoms with Gasteiger partial charge in [-0.05, 0) is 30.4 Å². The molecule has 0 spiro atoms. The van der Waals surface area contributed by atoms with E-state index in [2.05, 4.69) is 20.9 Å². The maximum Gasteiger partial charge on any atom is 0.418 e. The molecule has 0 aliphatic rings. The summed E-state index contributed by atoms with van der Waals surface area (Å²) in [5.74, 6) is 0. The Hall–Kier alpha value is -1.08. The molecule has 1 N–H and O–H groups in total. The van der Waals surface area contributed by atoms with Crippen molar-refractivity contribution in [2.45, 2.75) is 6.18 Å². The van der Waals surface area contributed by atoms with E-state index in [9.17, 15) is 13.2 Å². The van der Waals surface area contributed by atoms with Crippen LogP contribution in [0.4, 0.5) is 13.2 Å². The van der Waals surface area contributed by atoms with Crippen LogP contribution in [0.15, 0.2) is 35.1 Å². The third-order valence-electron chi connectivity index (χ3n) is 2.17. The fourth-order valence-corrected chi connectivity index (χ4v) is 2.04. The molecule has 0 atom stereocenters. The Bertz CT molecular complexity index is 600. The molecular formula is C10H6BrF3N2S. The first-order valence-corrected chi connectivity index (χ1v) is 5.73. The summed E-state index contributed by atoms with van der Waals surface area (Å²) < 4.78 is 40.5. The zero-order valence-electron chi connectivity index (χ0n) is 8.25. The number of aromatic amines is 1. The second kappa shape index (κ2) is 4.30. The first-order valence-electron chi connectivity index (χ1n) is 4.53. The van der Waals surface area contributed by atoms with E-state index in [1.165, 1.54) is 23.0 Å². The van der Waals surface area contributed by atoms with Crippen molar-refractivity contribution < 1.29 is 13.2 Å². The predicted molar refractivity (Wildman–Crippen MR) is 63.7 cm³/mol. The minimum absolute atomic E-state index is 0.00644. The fraction of sp³-hybridized carbons (Fsp3) is 0.100. The van der Waals surface area contributed by atoms with E-state index in [1.807, 2.05) is 0 Å². The molecule has 0 unspecified atom stereocenters. The van der Waals surface area contributed by atoms with Gasteiger partial charge < -0.3 is 4.98 Å². The van der Waals surface area contributed by atoms with E-state index >= 15 is 0 Å². The van der Waals surface area contributed by atoms with E-state index in [0.29, 0.717) is 4.47 Å². The van der Waals surface area contributed by atoms with Gasteiger partial charge in [0.2, 0.25) is 0 Å². The molecular weight excluding hydrogens is 317 g/mol. The summed E-state index contributed by atoms with van der Waals surface area (Å²) >= 11 is 7.94. The highest BCUT2D eigenvalue weighted by Gasteiger charge is 2.34. The molecule has 0 aliphatic heterocycles. The zero-order valence-corrected chi connectivity index (χ0v) is 10.7. The number of imidazole rings is 1. The molecule has 1 heterocycles. The highest BCUT2D eigenvalue weighted by Crippen LogP contribution is 2.35. The number of alkyl halides is 3. The maximum absolute atomic E-state index is 12.9. The topological polar surface area (TPSA) is 20.7 Å². The zero-order chi connectivity index (χ0) is 12.6. The Balaban J connectivity index is 2.71. The summed E-state index contributed by atoms with van der Waals surface area (Å²) in [5, 5.41) is 0. The number of nitrogens with zero attached hydrogens (tertiary/aromatic N) is 1. The number of hydrogen-bond donors (Lipinski definition) is 1. The average Bonchev–Trinajstić information content (AvgIpc) is 2.63. The molecule has 0 bridgehead atoms. The van der Waals surface area contributed by atoms with Gasteiger partial charge >= 0.3 is 6.18 Å². The van der Waals surface area contributed by atoms with Crippen LogP contribution < -0.4 is 0 Å². The van der Waals surface area contributed by atoms with Crippen LogP contribution in [0.3, 0.4) is 0 Å². The molecule has 17 heavy (non-hydrogen) atoms. The average molecular weight is 323 g/mol. The van der Waals surface area contributed by atoms with Crippen LogP contribution in [0, 0.1) is 4.77 Å². The molecule has 0 radical (unpaired) electrons. The quantitative estimate of drug-likeness (QED) is 0.775. The number of halogens is 4. The van der Waals surface area contributed by atoms with Gasteiger partial charge in [0, 0.05) is 16.9 Å². The molecule has 2 nitrogen and oxygen atoms in total. The highest BCUT2D eigenvalue weighted by molar-refractivity contribution is 9.10. The van der Waals surface area contributed by atoms with Crippen LogP contribution in [0.1, 0.15) is 5.56 Å². The van der Waals surface area contributed by atoms with E-state index < -0.39 is 11.7 Å². The second-order valence-corrected chi connectivity index (χ2v) is 4.60. The van der Waals surface area contributed by atoms with Crippen LogP contribution in [-0.4, -0.2) is 9.55 Å². The Morgan fingerprint density at radius 3 is 2.53 bits per heavy atom. The maximum atomic E-state index is 12.9. The molecule has 1 aromatic carbocycles. The van der Waals surface area contributed by atoms with Crippen LogP contribution in [-0.2, 0) is 6.18 Å². The minimum Gasteiger partial charge on any atom is -0.337 e. The van der Waals surface area contributed by atoms with Crippen molar-refractivity contribution in [2.24, 2.45) is 0 Å². The molecule has 0 amide bonds. The lowest BCUT2D eigenvalue weighted by atomic mass is 10.1. The third-order valence-corrected chi connectivity index (χ3v) is 2.98. The predicted octanol–water partition coefficient (Wildman–Crippen LogP) is 4.32. The minimum atomic E-state index is -4.43. The Kier molecular flexibility index (Phi) is 3.13. The van der Waals surface area contributed by atoms with Gasteiger partial charge in [-0.1, -0.05) is 15.9 Å². The van der Waals surface area contributed by atoms with Gasteiger partial charge in [-0.15, -0.1) is 0 Å². The Labute approximate surface area is 108 Å². The molecule has 0 fully saturated rings. The highest BCUT2D eigenvalue weighted by atomic mass is 79.9. The summed E-state index contributed by atoms with van der Waals surface area (Å²) in [7, 11) is 0. The van der Waals surface area contributed by atoms with Crippen molar-refractivity contribution in [3.63, 3.8) is 0 Å². The summed E-state index contributed by atoms with van der Waals surface area (Å²) in [6, 6.07) is 3.94. The number of nitrogens with one attached hydrogen (secondary N) is 1. The van der Waals surface area contributed by atoms with Crippen LogP contribution in [0.25, 0.3) is 5.69 Å². The lowest BCUT2D eigenvalue weighted by Gasteiger charge is -2.13. The van der Waals surface area contributed by atoms with E-state index in [1.54, 1.807) is 6.07 Å². The van der Waals surface area contributed by atoms with Gasteiger partial charge in [-0.2, -0.15) is 13.2 Å². The molecule has 0 saturated carbocycles. The molecule has 2 aromatic rings. The number of hydrogen-bond acceptors (Lipinski definition) is 1. The number of H-pyrrole nitrogens is 1. The van der Waals surface area contributed by atoms with Crippen molar-refractivity contribution >= 4 is 28.1 Å². The van der Waals surface area contributed by atoms with Crippen molar-refractivity contribution in [2.75, 3.05) is 0 Å². The third kappa shape index (κ3) is 2.44. The fourth-order valence-electron chi connectivity index (χ4n) is 1.46. The molecule has 2 rings (SSSR count). The van der Waals surface area contributed by atoms with Crippen LogP contribution in [0.5, 0.6) is 0 Å². The Morgan fingerprint density at radius 2 is 2.00 bits per heavy atom. The first-order chi connectivity index (χ1) is 7.89. The summed E-state index contributed by atoms with van der Waals surface area (Å²) in [4.78, 5) is 2.66. The summed E-state index contributed by atoms with van der Waals surface area (Å²) in [6.07, 6.45) is -1.48. The smallest absolute Gasteiger partial charge is 0.337 e. The van der Waals surface area contributed by atoms with Crippen molar-refractivity contribution in [3.8, 4) is 5.69 Å². The molecule has 0 saturated heterocycles. The van der Waals surface area contributed by atoms with Gasteiger partial charge in [0.15, 0.2) is 4.77 Å². The van der Waals surface area contributed by atoms with E-state index in [4.69, 9.17) is 12.2 Å². The molecule has 0 aliphatic carbocycles. The van der Waals surface area contributed by atoms with Crippen molar-refractivity contribution in [1.82, 2.24) is 9.55 Å². The first kappa shape index (κ1) is 12.4. The normalized spacial score (nSPS) is 11.8. The van der Waals surface area contributed by atoms with Crippen LogP contribution >= 0.6 is 28.1 Å². The SMILES string of the molecule is FC(F)(F)c1cc(Br)ccc1-n1cc[nH]c1=S. The monoisotopic (exact) mass is 322 g/mol. The summed E-state index contributed by atoms with van der Waals surface area (Å²) in [5.41, 5.74) is -0.727. The Morgan fingerprint density at radius 1 is 1.29 bits per heavy atom. The lowest BCUT2D eigenvalue weighted by molar-refractivity contribution is -0.137. The van der Waals surface area contributed by atoms with E-state index in [0.717, 1.165) is 6.07 Å². The van der Waals surface area contributed by atoms with Crippen LogP contribution in [0.2, 0.25) is 0 Å².